The Morgan fingerprint density at radius 2 is 2.04 bits per heavy atom. The van der Waals surface area contributed by atoms with Crippen LogP contribution in [0.3, 0.4) is 0 Å². The molecule has 1 atom stereocenters. The molecule has 0 spiro atoms. The highest BCUT2D eigenvalue weighted by Gasteiger charge is 2.41. The van der Waals surface area contributed by atoms with Gasteiger partial charge in [0.05, 0.1) is 18.4 Å². The summed E-state index contributed by atoms with van der Waals surface area (Å²) in [5.74, 6) is -2.05. The van der Waals surface area contributed by atoms with Gasteiger partial charge in [0, 0.05) is 0 Å². The first kappa shape index (κ1) is 18.0. The molecule has 1 fully saturated rings. The van der Waals surface area contributed by atoms with Gasteiger partial charge >= 0.3 is 5.97 Å². The Morgan fingerprint density at radius 3 is 2.54 bits per heavy atom. The molecule has 1 unspecified atom stereocenters. The van der Waals surface area contributed by atoms with Crippen molar-refractivity contribution in [3.05, 3.63) is 34.7 Å². The van der Waals surface area contributed by atoms with Crippen LogP contribution >= 0.6 is 24.0 Å². The molecule has 0 saturated carbocycles. The molecule has 1 heterocycles. The van der Waals surface area contributed by atoms with E-state index < -0.39 is 30.2 Å². The lowest BCUT2D eigenvalue weighted by atomic mass is 10.1. The minimum Gasteiger partial charge on any atom is -0.497 e. The van der Waals surface area contributed by atoms with Gasteiger partial charge in [-0.3, -0.25) is 14.5 Å². The van der Waals surface area contributed by atoms with E-state index in [1.54, 1.807) is 37.5 Å². The highest BCUT2D eigenvalue weighted by molar-refractivity contribution is 8.26. The molecular weight excluding hydrogens is 352 g/mol. The van der Waals surface area contributed by atoms with E-state index in [2.05, 4.69) is 0 Å². The van der Waals surface area contributed by atoms with E-state index in [-0.39, 0.29) is 9.23 Å². The van der Waals surface area contributed by atoms with Crippen molar-refractivity contribution in [1.82, 2.24) is 4.90 Å². The molecule has 0 aliphatic carbocycles. The van der Waals surface area contributed by atoms with E-state index in [0.29, 0.717) is 5.75 Å². The van der Waals surface area contributed by atoms with Crippen LogP contribution in [0.4, 0.5) is 0 Å². The number of carboxylic acids is 1. The van der Waals surface area contributed by atoms with Crippen LogP contribution in [-0.2, 0) is 14.4 Å². The number of carbonyl (C=O) groups excluding carboxylic acids is 2. The third kappa shape index (κ3) is 3.92. The van der Waals surface area contributed by atoms with Crippen LogP contribution in [0.1, 0.15) is 12.0 Å². The molecule has 1 aromatic carbocycles. The number of primary amides is 1. The Bertz CT molecular complexity index is 730. The topological polar surface area (TPSA) is 110 Å². The maximum absolute atomic E-state index is 12.5. The molecule has 1 aliphatic rings. The van der Waals surface area contributed by atoms with E-state index >= 15 is 0 Å². The van der Waals surface area contributed by atoms with Crippen molar-refractivity contribution in [3.63, 3.8) is 0 Å². The monoisotopic (exact) mass is 366 g/mol. The number of methoxy groups -OCH3 is 1. The smallest absolute Gasteiger partial charge is 0.327 e. The van der Waals surface area contributed by atoms with E-state index in [9.17, 15) is 19.5 Å². The van der Waals surface area contributed by atoms with E-state index in [4.69, 9.17) is 22.7 Å². The summed E-state index contributed by atoms with van der Waals surface area (Å²) in [4.78, 5) is 36.1. The molecule has 1 aromatic rings. The van der Waals surface area contributed by atoms with Crippen molar-refractivity contribution in [2.24, 2.45) is 5.73 Å². The average molecular weight is 366 g/mol. The summed E-state index contributed by atoms with van der Waals surface area (Å²) >= 11 is 6.07. The van der Waals surface area contributed by atoms with Gasteiger partial charge in [-0.05, 0) is 23.8 Å². The Kier molecular flexibility index (Phi) is 5.58. The Hall–Kier alpha value is -2.39. The van der Waals surface area contributed by atoms with Gasteiger partial charge in [-0.15, -0.1) is 0 Å². The molecular formula is C15H14N2O5S2. The van der Waals surface area contributed by atoms with Crippen LogP contribution in [-0.4, -0.2) is 45.3 Å². The van der Waals surface area contributed by atoms with Crippen molar-refractivity contribution in [2.75, 3.05) is 7.11 Å². The Morgan fingerprint density at radius 1 is 1.42 bits per heavy atom. The average Bonchev–Trinajstić information content (AvgIpc) is 2.79. The first-order valence-corrected chi connectivity index (χ1v) is 7.98. The second-order valence-corrected chi connectivity index (χ2v) is 6.53. The lowest BCUT2D eigenvalue weighted by Crippen LogP contribution is -2.46. The fraction of sp³-hybridized carbons (Fsp3) is 0.200. The maximum atomic E-state index is 12.5. The predicted molar refractivity (Wildman–Crippen MR) is 93.2 cm³/mol. The molecule has 0 radical (unpaired) electrons. The molecule has 3 N–H and O–H groups in total. The summed E-state index contributed by atoms with van der Waals surface area (Å²) in [6, 6.07) is 5.57. The summed E-state index contributed by atoms with van der Waals surface area (Å²) in [7, 11) is 1.55. The molecule has 1 aliphatic heterocycles. The number of nitrogens with two attached hydrogens (primary N) is 1. The first-order chi connectivity index (χ1) is 11.3. The standard InChI is InChI=1S/C15H14N2O5S2/c1-22-9-4-2-8(3-5-9)6-11-13(19)17(15(23)24-11)10(14(20)21)7-12(16)18/h2-6,10H,7H2,1H3,(H2,16,18)(H,20,21)/b11-6-. The second kappa shape index (κ2) is 7.45. The van der Waals surface area contributed by atoms with Crippen molar-refractivity contribution in [1.29, 1.82) is 0 Å². The SMILES string of the molecule is COc1ccc(/C=C2\SC(=S)N(C(CC(N)=O)C(=O)O)C2=O)cc1. The summed E-state index contributed by atoms with van der Waals surface area (Å²) < 4.78 is 5.14. The summed E-state index contributed by atoms with van der Waals surface area (Å²) in [5, 5.41) is 9.25. The van der Waals surface area contributed by atoms with Crippen LogP contribution in [0, 0.1) is 0 Å². The molecule has 126 valence electrons. The van der Waals surface area contributed by atoms with E-state index in [1.807, 2.05) is 0 Å². The normalized spacial score (nSPS) is 17.2. The fourth-order valence-corrected chi connectivity index (χ4v) is 3.44. The fourth-order valence-electron chi connectivity index (χ4n) is 2.08. The van der Waals surface area contributed by atoms with Crippen LogP contribution in [0.2, 0.25) is 0 Å². The van der Waals surface area contributed by atoms with Gasteiger partial charge < -0.3 is 15.6 Å². The summed E-state index contributed by atoms with van der Waals surface area (Å²) in [6.45, 7) is 0. The van der Waals surface area contributed by atoms with Gasteiger partial charge in [0.2, 0.25) is 5.91 Å². The number of thioether (sulfide) groups is 1. The van der Waals surface area contributed by atoms with E-state index in [0.717, 1.165) is 22.2 Å². The van der Waals surface area contributed by atoms with Gasteiger partial charge in [0.1, 0.15) is 16.1 Å². The molecule has 2 amide bonds. The number of benzene rings is 1. The Labute approximate surface area is 147 Å². The van der Waals surface area contributed by atoms with Gasteiger partial charge in [-0.25, -0.2) is 4.79 Å². The minimum atomic E-state index is -1.41. The van der Waals surface area contributed by atoms with Crippen molar-refractivity contribution < 1.29 is 24.2 Å². The zero-order valence-corrected chi connectivity index (χ0v) is 14.2. The van der Waals surface area contributed by atoms with Gasteiger partial charge in [0.25, 0.3) is 5.91 Å². The highest BCUT2D eigenvalue weighted by Crippen LogP contribution is 2.34. The third-order valence-electron chi connectivity index (χ3n) is 3.23. The molecule has 9 heteroatoms. The van der Waals surface area contributed by atoms with E-state index in [1.165, 1.54) is 0 Å². The minimum absolute atomic E-state index is 0.0772. The molecule has 2 rings (SSSR count). The number of carbonyl (C=O) groups is 3. The third-order valence-corrected chi connectivity index (χ3v) is 4.56. The summed E-state index contributed by atoms with van der Waals surface area (Å²) in [5.41, 5.74) is 5.79. The maximum Gasteiger partial charge on any atom is 0.327 e. The molecule has 24 heavy (non-hydrogen) atoms. The zero-order valence-electron chi connectivity index (χ0n) is 12.6. The number of aliphatic carboxylic acids is 1. The number of hydrogen-bond donors (Lipinski definition) is 2. The number of nitrogens with zero attached hydrogens (tertiary/aromatic N) is 1. The number of hydrogen-bond acceptors (Lipinski definition) is 6. The molecule has 0 bridgehead atoms. The van der Waals surface area contributed by atoms with Crippen LogP contribution in [0.15, 0.2) is 29.2 Å². The molecule has 1 saturated heterocycles. The highest BCUT2D eigenvalue weighted by atomic mass is 32.2. The number of carboxylic acid groups (broad SMARTS) is 1. The quantitative estimate of drug-likeness (QED) is 0.575. The van der Waals surface area contributed by atoms with Crippen molar-refractivity contribution in [2.45, 2.75) is 12.5 Å². The second-order valence-electron chi connectivity index (χ2n) is 4.85. The largest absolute Gasteiger partial charge is 0.497 e. The molecule has 7 nitrogen and oxygen atoms in total. The van der Waals surface area contributed by atoms with Crippen molar-refractivity contribution >= 4 is 52.2 Å². The van der Waals surface area contributed by atoms with Crippen molar-refractivity contribution in [3.8, 4) is 5.75 Å². The lowest BCUT2D eigenvalue weighted by Gasteiger charge is -2.21. The first-order valence-electron chi connectivity index (χ1n) is 6.75. The van der Waals surface area contributed by atoms with Gasteiger partial charge in [-0.1, -0.05) is 36.1 Å². The van der Waals surface area contributed by atoms with Crippen LogP contribution < -0.4 is 10.5 Å². The number of rotatable bonds is 6. The predicted octanol–water partition coefficient (Wildman–Crippen LogP) is 1.22. The zero-order chi connectivity index (χ0) is 17.9. The summed E-state index contributed by atoms with van der Waals surface area (Å²) in [6.07, 6.45) is 1.10. The van der Waals surface area contributed by atoms with Gasteiger partial charge in [-0.2, -0.15) is 0 Å². The number of ether oxygens (including phenoxy) is 1. The van der Waals surface area contributed by atoms with Crippen LogP contribution in [0.5, 0.6) is 5.75 Å². The van der Waals surface area contributed by atoms with Gasteiger partial charge in [0.15, 0.2) is 0 Å². The Balaban J connectivity index is 2.27. The molecule has 0 aromatic heterocycles. The number of amides is 2. The van der Waals surface area contributed by atoms with Crippen LogP contribution in [0.25, 0.3) is 6.08 Å². The lowest BCUT2D eigenvalue weighted by molar-refractivity contribution is -0.146. The number of thiocarbonyl (C=S) groups is 1.